The minimum Gasteiger partial charge on any atom is -0.507 e. The van der Waals surface area contributed by atoms with Crippen LogP contribution in [0, 0.1) is 0 Å². The molecule has 2 rings (SSSR count). The Morgan fingerprint density at radius 3 is 2.67 bits per heavy atom. The number of aliphatic imine (C=N–C) groups is 1. The first kappa shape index (κ1) is 12.2. The molecule has 0 atom stereocenters. The summed E-state index contributed by atoms with van der Waals surface area (Å²) in [4.78, 5) is 17.4. The SMILES string of the molecule is COc1ccc(/C=C2\N=C(C)N(C)C2=O)c(O)c1. The predicted octanol–water partition coefficient (Wildman–Crippen LogP) is 1.63. The van der Waals surface area contributed by atoms with Crippen LogP contribution in [0.4, 0.5) is 0 Å². The summed E-state index contributed by atoms with van der Waals surface area (Å²) in [6.45, 7) is 1.76. The maximum absolute atomic E-state index is 11.8. The zero-order valence-corrected chi connectivity index (χ0v) is 10.5. The molecule has 0 unspecified atom stereocenters. The normalized spacial score (nSPS) is 17.3. The quantitative estimate of drug-likeness (QED) is 0.807. The number of methoxy groups -OCH3 is 1. The molecule has 0 aliphatic carbocycles. The molecule has 1 aromatic carbocycles. The van der Waals surface area contributed by atoms with E-state index >= 15 is 0 Å². The summed E-state index contributed by atoms with van der Waals surface area (Å²) in [7, 11) is 3.19. The lowest BCUT2D eigenvalue weighted by atomic mass is 10.1. The van der Waals surface area contributed by atoms with Crippen LogP contribution in [0.2, 0.25) is 0 Å². The average molecular weight is 246 g/mol. The van der Waals surface area contributed by atoms with Crippen molar-refractivity contribution in [1.82, 2.24) is 4.90 Å². The van der Waals surface area contributed by atoms with Crippen LogP contribution in [0.5, 0.6) is 11.5 Å². The Morgan fingerprint density at radius 1 is 1.44 bits per heavy atom. The standard InChI is InChI=1S/C13H14N2O3/c1-8-14-11(13(17)15(8)2)6-9-4-5-10(18-3)7-12(9)16/h4-7,16H,1-3H3/b11-6-. The molecule has 1 heterocycles. The Balaban J connectivity index is 2.37. The highest BCUT2D eigenvalue weighted by Gasteiger charge is 2.23. The highest BCUT2D eigenvalue weighted by molar-refractivity contribution is 6.13. The molecule has 1 aliphatic heterocycles. The summed E-state index contributed by atoms with van der Waals surface area (Å²) in [5.41, 5.74) is 0.849. The predicted molar refractivity (Wildman–Crippen MR) is 68.5 cm³/mol. The molecule has 0 aromatic heterocycles. The highest BCUT2D eigenvalue weighted by Crippen LogP contribution is 2.27. The van der Waals surface area contributed by atoms with Gasteiger partial charge in [-0.3, -0.25) is 9.69 Å². The van der Waals surface area contributed by atoms with E-state index in [2.05, 4.69) is 4.99 Å². The van der Waals surface area contributed by atoms with Crippen LogP contribution >= 0.6 is 0 Å². The van der Waals surface area contributed by atoms with Gasteiger partial charge in [-0.25, -0.2) is 4.99 Å². The average Bonchev–Trinajstić information content (AvgIpc) is 2.59. The van der Waals surface area contributed by atoms with Crippen molar-refractivity contribution in [1.29, 1.82) is 0 Å². The number of amides is 1. The van der Waals surface area contributed by atoms with Crippen molar-refractivity contribution in [2.75, 3.05) is 14.2 Å². The third kappa shape index (κ3) is 2.07. The first-order chi connectivity index (χ1) is 8.52. The van der Waals surface area contributed by atoms with Gasteiger partial charge in [-0.1, -0.05) is 0 Å². The molecular formula is C13H14N2O3. The van der Waals surface area contributed by atoms with E-state index in [1.54, 1.807) is 32.2 Å². The minimum atomic E-state index is -0.178. The monoisotopic (exact) mass is 246 g/mol. The largest absolute Gasteiger partial charge is 0.507 e. The topological polar surface area (TPSA) is 62.1 Å². The molecule has 18 heavy (non-hydrogen) atoms. The van der Waals surface area contributed by atoms with Crippen molar-refractivity contribution in [2.24, 2.45) is 4.99 Å². The Morgan fingerprint density at radius 2 is 2.17 bits per heavy atom. The zero-order chi connectivity index (χ0) is 13.3. The summed E-state index contributed by atoms with van der Waals surface area (Å²) in [6, 6.07) is 4.88. The van der Waals surface area contributed by atoms with Crippen LogP contribution in [0.15, 0.2) is 28.9 Å². The summed E-state index contributed by atoms with van der Waals surface area (Å²) in [6.07, 6.45) is 1.56. The number of phenols is 1. The van der Waals surface area contributed by atoms with Gasteiger partial charge in [0.1, 0.15) is 23.0 Å². The first-order valence-electron chi connectivity index (χ1n) is 5.45. The Bertz CT molecular complexity index is 561. The molecule has 0 saturated heterocycles. The van der Waals surface area contributed by atoms with Gasteiger partial charge in [0.05, 0.1) is 7.11 Å². The van der Waals surface area contributed by atoms with E-state index in [4.69, 9.17) is 4.74 Å². The molecule has 1 N–H and O–H groups in total. The second-order valence-corrected chi connectivity index (χ2v) is 3.98. The van der Waals surface area contributed by atoms with Crippen LogP contribution in [-0.4, -0.2) is 35.9 Å². The molecule has 1 aromatic rings. The van der Waals surface area contributed by atoms with Gasteiger partial charge in [0.25, 0.3) is 5.91 Å². The van der Waals surface area contributed by atoms with Crippen molar-refractivity contribution in [3.05, 3.63) is 29.5 Å². The van der Waals surface area contributed by atoms with Crippen molar-refractivity contribution in [2.45, 2.75) is 6.92 Å². The van der Waals surface area contributed by atoms with Gasteiger partial charge < -0.3 is 9.84 Å². The van der Waals surface area contributed by atoms with Crippen LogP contribution in [0.1, 0.15) is 12.5 Å². The van der Waals surface area contributed by atoms with E-state index < -0.39 is 0 Å². The minimum absolute atomic E-state index is 0.0528. The van der Waals surface area contributed by atoms with E-state index in [9.17, 15) is 9.90 Å². The van der Waals surface area contributed by atoms with E-state index in [1.807, 2.05) is 0 Å². The fraction of sp³-hybridized carbons (Fsp3) is 0.231. The molecule has 1 amide bonds. The number of rotatable bonds is 2. The van der Waals surface area contributed by atoms with Gasteiger partial charge in [0.15, 0.2) is 0 Å². The Kier molecular flexibility index (Phi) is 3.06. The second-order valence-electron chi connectivity index (χ2n) is 3.98. The molecule has 94 valence electrons. The summed E-state index contributed by atoms with van der Waals surface area (Å²) in [5, 5.41) is 9.80. The number of hydrogen-bond acceptors (Lipinski definition) is 4. The zero-order valence-electron chi connectivity index (χ0n) is 10.5. The summed E-state index contributed by atoms with van der Waals surface area (Å²) >= 11 is 0. The molecule has 5 nitrogen and oxygen atoms in total. The molecule has 0 radical (unpaired) electrons. The molecule has 0 bridgehead atoms. The van der Waals surface area contributed by atoms with Crippen molar-refractivity contribution >= 4 is 17.8 Å². The highest BCUT2D eigenvalue weighted by atomic mass is 16.5. The fourth-order valence-electron chi connectivity index (χ4n) is 1.63. The number of nitrogens with zero attached hydrogens (tertiary/aromatic N) is 2. The number of hydrogen-bond donors (Lipinski definition) is 1. The number of ether oxygens (including phenoxy) is 1. The molecule has 5 heteroatoms. The van der Waals surface area contributed by atoms with Gasteiger partial charge in [0.2, 0.25) is 0 Å². The van der Waals surface area contributed by atoms with Gasteiger partial charge in [-0.05, 0) is 25.1 Å². The maximum Gasteiger partial charge on any atom is 0.277 e. The molecule has 0 saturated carbocycles. The number of likely N-dealkylation sites (N-methyl/N-ethyl adjacent to an activating group) is 1. The number of carbonyl (C=O) groups is 1. The van der Waals surface area contributed by atoms with Crippen LogP contribution < -0.4 is 4.74 Å². The second kappa shape index (κ2) is 4.52. The summed E-state index contributed by atoms with van der Waals surface area (Å²) < 4.78 is 4.99. The van der Waals surface area contributed by atoms with Gasteiger partial charge in [0, 0.05) is 18.7 Å². The number of amidine groups is 1. The molecule has 0 spiro atoms. The van der Waals surface area contributed by atoms with Gasteiger partial charge >= 0.3 is 0 Å². The molecular weight excluding hydrogens is 232 g/mol. The van der Waals surface area contributed by atoms with Crippen molar-refractivity contribution in [3.63, 3.8) is 0 Å². The van der Waals surface area contributed by atoms with Crippen molar-refractivity contribution < 1.29 is 14.6 Å². The first-order valence-corrected chi connectivity index (χ1v) is 5.45. The number of carbonyl (C=O) groups excluding carboxylic acids is 1. The van der Waals surface area contributed by atoms with Crippen LogP contribution in [-0.2, 0) is 4.79 Å². The Labute approximate surface area is 105 Å². The van der Waals surface area contributed by atoms with E-state index in [0.717, 1.165) is 0 Å². The van der Waals surface area contributed by atoms with E-state index in [0.29, 0.717) is 22.8 Å². The lowest BCUT2D eigenvalue weighted by Gasteiger charge is -2.06. The lowest BCUT2D eigenvalue weighted by molar-refractivity contribution is -0.121. The number of phenolic OH excluding ortho intramolecular Hbond substituents is 1. The number of aromatic hydroxyl groups is 1. The molecule has 1 aliphatic rings. The van der Waals surface area contributed by atoms with Gasteiger partial charge in [-0.15, -0.1) is 0 Å². The van der Waals surface area contributed by atoms with Crippen LogP contribution in [0.3, 0.4) is 0 Å². The fourth-order valence-corrected chi connectivity index (χ4v) is 1.63. The number of benzene rings is 1. The van der Waals surface area contributed by atoms with E-state index in [-0.39, 0.29) is 11.7 Å². The third-order valence-electron chi connectivity index (χ3n) is 2.82. The maximum atomic E-state index is 11.8. The van der Waals surface area contributed by atoms with Crippen molar-refractivity contribution in [3.8, 4) is 11.5 Å². The van der Waals surface area contributed by atoms with Crippen LogP contribution in [0.25, 0.3) is 6.08 Å². The smallest absolute Gasteiger partial charge is 0.277 e. The van der Waals surface area contributed by atoms with Gasteiger partial charge in [-0.2, -0.15) is 0 Å². The lowest BCUT2D eigenvalue weighted by Crippen LogP contribution is -2.25. The molecule has 0 fully saturated rings. The third-order valence-corrected chi connectivity index (χ3v) is 2.82. The summed E-state index contributed by atoms with van der Waals surface area (Å²) in [5.74, 6) is 1.07. The van der Waals surface area contributed by atoms with E-state index in [1.165, 1.54) is 18.1 Å². The Hall–Kier alpha value is -2.30.